The number of carbonyl (C=O) groups excluding carboxylic acids is 3. The molecule has 0 amide bonds. The van der Waals surface area contributed by atoms with Crippen molar-refractivity contribution in [3.63, 3.8) is 0 Å². The molecule has 0 aromatic rings. The van der Waals surface area contributed by atoms with Gasteiger partial charge in [0.05, 0.1) is 0 Å². The van der Waals surface area contributed by atoms with E-state index in [4.69, 9.17) is 14.2 Å². The molecule has 0 rings (SSSR count). The van der Waals surface area contributed by atoms with Crippen molar-refractivity contribution in [1.82, 2.24) is 0 Å². The Morgan fingerprint density at radius 2 is 0.487 bits per heavy atom. The highest BCUT2D eigenvalue weighted by Crippen LogP contribution is 2.17. The van der Waals surface area contributed by atoms with Crippen molar-refractivity contribution in [2.45, 2.75) is 367 Å². The molecule has 0 heterocycles. The average molecular weight is 1120 g/mol. The van der Waals surface area contributed by atoms with E-state index in [2.05, 4.69) is 93.7 Å². The molecule has 1 unspecified atom stereocenters. The summed E-state index contributed by atoms with van der Waals surface area (Å²) in [6.07, 6.45) is 89.3. The van der Waals surface area contributed by atoms with Gasteiger partial charge in [0.25, 0.3) is 0 Å². The first kappa shape index (κ1) is 76.9. The Labute approximate surface area is 497 Å². The molecule has 0 aromatic heterocycles. The molecule has 0 spiro atoms. The van der Waals surface area contributed by atoms with Gasteiger partial charge >= 0.3 is 17.9 Å². The van der Waals surface area contributed by atoms with Gasteiger partial charge in [-0.2, -0.15) is 0 Å². The predicted octanol–water partition coefficient (Wildman–Crippen LogP) is 24.1. The highest BCUT2D eigenvalue weighted by molar-refractivity contribution is 5.71. The van der Waals surface area contributed by atoms with E-state index in [0.717, 1.165) is 89.9 Å². The molecule has 0 aliphatic heterocycles. The second-order valence-electron chi connectivity index (χ2n) is 23.4. The number of hydrogen-bond donors (Lipinski definition) is 0. The van der Waals surface area contributed by atoms with Crippen LogP contribution in [0.15, 0.2) is 72.9 Å². The second-order valence-corrected chi connectivity index (χ2v) is 23.4. The summed E-state index contributed by atoms with van der Waals surface area (Å²) in [4.78, 5) is 38.4. The summed E-state index contributed by atoms with van der Waals surface area (Å²) in [5, 5.41) is 0. The van der Waals surface area contributed by atoms with Crippen molar-refractivity contribution >= 4 is 17.9 Å². The van der Waals surface area contributed by atoms with Gasteiger partial charge in [-0.05, 0) is 109 Å². The van der Waals surface area contributed by atoms with Gasteiger partial charge in [-0.1, -0.05) is 306 Å². The van der Waals surface area contributed by atoms with Crippen molar-refractivity contribution in [2.24, 2.45) is 0 Å². The molecule has 6 nitrogen and oxygen atoms in total. The highest BCUT2D eigenvalue weighted by Gasteiger charge is 2.19. The molecule has 0 aliphatic carbocycles. The Balaban J connectivity index is 4.23. The van der Waals surface area contributed by atoms with Gasteiger partial charge in [-0.15, -0.1) is 0 Å². The summed E-state index contributed by atoms with van der Waals surface area (Å²) in [6, 6.07) is 0. The van der Waals surface area contributed by atoms with E-state index in [1.807, 2.05) is 0 Å². The monoisotopic (exact) mass is 1120 g/mol. The Morgan fingerprint density at radius 1 is 0.263 bits per heavy atom. The van der Waals surface area contributed by atoms with Crippen LogP contribution in [0, 0.1) is 0 Å². The van der Waals surface area contributed by atoms with Crippen LogP contribution in [0.5, 0.6) is 0 Å². The molecule has 80 heavy (non-hydrogen) atoms. The Bertz CT molecular complexity index is 1470. The second kappa shape index (κ2) is 68.3. The minimum atomic E-state index is -0.779. The fourth-order valence-corrected chi connectivity index (χ4v) is 10.2. The number of ether oxygens (including phenoxy) is 3. The third-order valence-corrected chi connectivity index (χ3v) is 15.4. The molecular formula is C74H132O6. The average Bonchev–Trinajstić information content (AvgIpc) is 3.46. The minimum Gasteiger partial charge on any atom is -0.462 e. The van der Waals surface area contributed by atoms with Crippen molar-refractivity contribution in [3.8, 4) is 0 Å². The van der Waals surface area contributed by atoms with Gasteiger partial charge < -0.3 is 14.2 Å². The fourth-order valence-electron chi connectivity index (χ4n) is 10.2. The number of unbranched alkanes of at least 4 members (excludes halogenated alkanes) is 41. The lowest BCUT2D eigenvalue weighted by Gasteiger charge is -2.18. The summed E-state index contributed by atoms with van der Waals surface area (Å²) >= 11 is 0. The molecule has 0 fully saturated rings. The van der Waals surface area contributed by atoms with Gasteiger partial charge in [-0.3, -0.25) is 14.4 Å². The molecule has 464 valence electrons. The zero-order valence-electron chi connectivity index (χ0n) is 53.3. The lowest BCUT2D eigenvalue weighted by molar-refractivity contribution is -0.167. The van der Waals surface area contributed by atoms with Crippen LogP contribution in [-0.4, -0.2) is 37.2 Å². The van der Waals surface area contributed by atoms with E-state index in [1.165, 1.54) is 231 Å². The zero-order chi connectivity index (χ0) is 57.8. The van der Waals surface area contributed by atoms with E-state index in [1.54, 1.807) is 0 Å². The lowest BCUT2D eigenvalue weighted by Crippen LogP contribution is -2.30. The number of rotatable bonds is 64. The molecular weight excluding hydrogens is 985 g/mol. The summed E-state index contributed by atoms with van der Waals surface area (Å²) in [7, 11) is 0. The molecule has 0 N–H and O–H groups in total. The van der Waals surface area contributed by atoms with Crippen molar-refractivity contribution in [1.29, 1.82) is 0 Å². The van der Waals surface area contributed by atoms with Crippen LogP contribution in [0.3, 0.4) is 0 Å². The van der Waals surface area contributed by atoms with Crippen LogP contribution < -0.4 is 0 Å². The van der Waals surface area contributed by atoms with Crippen molar-refractivity contribution in [3.05, 3.63) is 72.9 Å². The van der Waals surface area contributed by atoms with Crippen LogP contribution in [0.1, 0.15) is 361 Å². The van der Waals surface area contributed by atoms with Crippen LogP contribution in [0.2, 0.25) is 0 Å². The van der Waals surface area contributed by atoms with Gasteiger partial charge in [0.1, 0.15) is 13.2 Å². The summed E-state index contributed by atoms with van der Waals surface area (Å²) < 4.78 is 17.0. The van der Waals surface area contributed by atoms with Crippen LogP contribution in [-0.2, 0) is 28.6 Å². The maximum absolute atomic E-state index is 12.9. The normalized spacial score (nSPS) is 12.5. The minimum absolute atomic E-state index is 0.0754. The van der Waals surface area contributed by atoms with E-state index < -0.39 is 6.10 Å². The topological polar surface area (TPSA) is 78.9 Å². The van der Waals surface area contributed by atoms with E-state index in [0.29, 0.717) is 19.3 Å². The van der Waals surface area contributed by atoms with E-state index in [9.17, 15) is 14.4 Å². The molecule has 0 aliphatic rings. The van der Waals surface area contributed by atoms with Crippen molar-refractivity contribution < 1.29 is 28.6 Å². The summed E-state index contributed by atoms with van der Waals surface area (Å²) in [5.41, 5.74) is 0. The quantitative estimate of drug-likeness (QED) is 0.0261. The van der Waals surface area contributed by atoms with Crippen LogP contribution in [0.4, 0.5) is 0 Å². The molecule has 0 aromatic carbocycles. The number of esters is 3. The first-order chi connectivity index (χ1) is 39.5. The lowest BCUT2D eigenvalue weighted by atomic mass is 10.0. The van der Waals surface area contributed by atoms with Crippen molar-refractivity contribution in [2.75, 3.05) is 13.2 Å². The number of carbonyl (C=O) groups is 3. The molecule has 0 radical (unpaired) electrons. The van der Waals surface area contributed by atoms with Gasteiger partial charge in [0.2, 0.25) is 0 Å². The molecule has 0 saturated carbocycles. The zero-order valence-corrected chi connectivity index (χ0v) is 53.3. The van der Waals surface area contributed by atoms with Crippen LogP contribution >= 0.6 is 0 Å². The Kier molecular flexibility index (Phi) is 65.7. The number of allylic oxidation sites excluding steroid dienone is 12. The smallest absolute Gasteiger partial charge is 0.306 e. The largest absolute Gasteiger partial charge is 0.462 e. The standard InChI is InChI=1S/C74H132O6/c1-4-7-10-13-16-19-22-25-27-29-31-33-35-36-37-38-40-41-43-45-47-49-52-55-58-61-64-67-73(76)79-70-71(69-78-72(75)66-63-60-57-54-51-24-21-18-15-12-9-6-3)80-74(77)68-65-62-59-56-53-50-48-46-44-42-39-34-32-30-28-26-23-20-17-14-11-8-5-2/h7,10,16,18-19,21,25,27,30-33,71H,4-6,8-9,11-15,17,20,22-24,26,28-29,34-70H2,1-3H3/b10-7-,19-16-,21-18-,27-25-,32-30-,33-31-. The maximum atomic E-state index is 12.9. The molecule has 0 saturated heterocycles. The first-order valence-corrected chi connectivity index (χ1v) is 34.9. The third-order valence-electron chi connectivity index (χ3n) is 15.4. The molecule has 0 bridgehead atoms. The summed E-state index contributed by atoms with van der Waals surface area (Å²) in [6.45, 7) is 6.55. The molecule has 1 atom stereocenters. The van der Waals surface area contributed by atoms with Gasteiger partial charge in [0.15, 0.2) is 6.10 Å². The van der Waals surface area contributed by atoms with Crippen LogP contribution in [0.25, 0.3) is 0 Å². The molecule has 6 heteroatoms. The highest BCUT2D eigenvalue weighted by atomic mass is 16.6. The fraction of sp³-hybridized carbons (Fsp3) is 0.797. The predicted molar refractivity (Wildman–Crippen MR) is 348 cm³/mol. The summed E-state index contributed by atoms with van der Waals surface area (Å²) in [5.74, 6) is -0.867. The first-order valence-electron chi connectivity index (χ1n) is 34.9. The van der Waals surface area contributed by atoms with E-state index in [-0.39, 0.29) is 31.1 Å². The van der Waals surface area contributed by atoms with Gasteiger partial charge in [-0.25, -0.2) is 0 Å². The third kappa shape index (κ3) is 65.7. The maximum Gasteiger partial charge on any atom is 0.306 e. The number of hydrogen-bond acceptors (Lipinski definition) is 6. The SMILES string of the molecule is CC/C=C\C/C=C\C/C=C\C/C=C\CCCCCCCCCCCCCCCCC(=O)OCC(COC(=O)CCCCCCC/C=C\CCCCC)OC(=O)CCCCCCCCCCCCC/C=C\CCCCCCCCCC. The Hall–Kier alpha value is -3.15. The van der Waals surface area contributed by atoms with E-state index >= 15 is 0 Å². The Morgan fingerprint density at radius 3 is 0.800 bits per heavy atom. The van der Waals surface area contributed by atoms with Gasteiger partial charge in [0, 0.05) is 19.3 Å².